The van der Waals surface area contributed by atoms with E-state index >= 15 is 0 Å². The Morgan fingerprint density at radius 1 is 0.800 bits per heavy atom. The van der Waals surface area contributed by atoms with Gasteiger partial charge < -0.3 is 10.1 Å². The van der Waals surface area contributed by atoms with Crippen molar-refractivity contribution in [2.45, 2.75) is 149 Å². The van der Waals surface area contributed by atoms with Gasteiger partial charge in [-0.1, -0.05) is 123 Å². The van der Waals surface area contributed by atoms with Gasteiger partial charge in [0.25, 0.3) is 0 Å². The average Bonchev–Trinajstić information content (AvgIpc) is 2.94. The first kappa shape index (κ1) is 33.8. The van der Waals surface area contributed by atoms with E-state index in [-0.39, 0.29) is 11.3 Å². The van der Waals surface area contributed by atoms with Crippen LogP contribution < -0.4 is 14.6 Å². The maximum Gasteiger partial charge on any atom is 0.224 e. The minimum absolute atomic E-state index is 0.0443. The molecule has 0 aliphatic heterocycles. The quantitative estimate of drug-likeness (QED) is 0.124. The molecule has 40 heavy (non-hydrogen) atoms. The third-order valence-electron chi connectivity index (χ3n) is 7.75. The summed E-state index contributed by atoms with van der Waals surface area (Å²) in [6.07, 6.45) is 23.6. The molecule has 1 aromatic carbocycles. The molecule has 1 amide bonds. The van der Waals surface area contributed by atoms with E-state index in [1.807, 2.05) is 24.4 Å². The van der Waals surface area contributed by atoms with Crippen molar-refractivity contribution in [2.24, 2.45) is 0 Å². The zero-order chi connectivity index (χ0) is 29.1. The van der Waals surface area contributed by atoms with E-state index in [2.05, 4.69) is 62.8 Å². The molecule has 0 aliphatic carbocycles. The van der Waals surface area contributed by atoms with Gasteiger partial charge >= 0.3 is 0 Å². The zero-order valence-corrected chi connectivity index (χ0v) is 26.5. The lowest BCUT2D eigenvalue weighted by atomic mass is 9.85. The number of hydrogen-bond acceptors (Lipinski definition) is 2. The van der Waals surface area contributed by atoms with Gasteiger partial charge in [-0.2, -0.15) is 0 Å². The standard InChI is InChI=1S/C36H58N2O2/c1-6-8-9-10-11-12-13-14-15-16-17-18-19-20-26-40-34-24-23-31(27-33(34)36(3,4)5)28-35(39)37-29-32-22-21-25-38(7-2)30-32/h21-25,27,30H,6-20,26,28-29H2,1-5H3/p+1. The summed E-state index contributed by atoms with van der Waals surface area (Å²) >= 11 is 0. The van der Waals surface area contributed by atoms with Gasteiger partial charge in [0.2, 0.25) is 5.91 Å². The molecule has 0 radical (unpaired) electrons. The first-order valence-corrected chi connectivity index (χ1v) is 16.3. The highest BCUT2D eigenvalue weighted by atomic mass is 16.5. The number of rotatable bonds is 21. The van der Waals surface area contributed by atoms with Gasteiger partial charge in [0, 0.05) is 18.2 Å². The Bertz CT molecular complexity index is 964. The second-order valence-electron chi connectivity index (χ2n) is 12.5. The van der Waals surface area contributed by atoms with Gasteiger partial charge in [0.05, 0.1) is 13.0 Å². The molecule has 1 N–H and O–H groups in total. The molecule has 0 aliphatic rings. The molecular weight excluding hydrogens is 492 g/mol. The van der Waals surface area contributed by atoms with Gasteiger partial charge in [-0.05, 0) is 42.0 Å². The third kappa shape index (κ3) is 14.3. The van der Waals surface area contributed by atoms with Crippen LogP contribution in [0, 0.1) is 0 Å². The molecule has 4 heteroatoms. The number of carbonyl (C=O) groups excluding carboxylic acids is 1. The maximum atomic E-state index is 12.7. The normalized spacial score (nSPS) is 11.5. The molecule has 4 nitrogen and oxygen atoms in total. The predicted molar refractivity (Wildman–Crippen MR) is 169 cm³/mol. The van der Waals surface area contributed by atoms with Crippen LogP contribution in [0.25, 0.3) is 0 Å². The molecule has 2 rings (SSSR count). The molecule has 1 aromatic heterocycles. The lowest BCUT2D eigenvalue weighted by Gasteiger charge is -2.24. The Balaban J connectivity index is 1.66. The van der Waals surface area contributed by atoms with Crippen LogP contribution >= 0.6 is 0 Å². The maximum absolute atomic E-state index is 12.7. The molecule has 0 unspecified atom stereocenters. The number of carbonyl (C=O) groups is 1. The highest BCUT2D eigenvalue weighted by Crippen LogP contribution is 2.32. The smallest absolute Gasteiger partial charge is 0.224 e. The fourth-order valence-electron chi connectivity index (χ4n) is 5.20. The molecule has 0 spiro atoms. The van der Waals surface area contributed by atoms with E-state index < -0.39 is 0 Å². The third-order valence-corrected chi connectivity index (χ3v) is 7.75. The molecule has 2 aromatic rings. The first-order chi connectivity index (χ1) is 19.3. The van der Waals surface area contributed by atoms with Crippen molar-refractivity contribution in [3.8, 4) is 5.75 Å². The molecular formula is C36H59N2O2+. The monoisotopic (exact) mass is 551 g/mol. The van der Waals surface area contributed by atoms with Gasteiger partial charge in [-0.3, -0.25) is 4.79 Å². The van der Waals surface area contributed by atoms with Crippen molar-refractivity contribution in [3.05, 3.63) is 59.4 Å². The van der Waals surface area contributed by atoms with E-state index in [9.17, 15) is 4.79 Å². The number of aryl methyl sites for hydroxylation is 1. The number of benzene rings is 1. The summed E-state index contributed by atoms with van der Waals surface area (Å²) < 4.78 is 8.37. The molecule has 1 heterocycles. The number of pyridine rings is 1. The largest absolute Gasteiger partial charge is 0.493 e. The van der Waals surface area contributed by atoms with Crippen molar-refractivity contribution < 1.29 is 14.1 Å². The van der Waals surface area contributed by atoms with Crippen molar-refractivity contribution in [1.29, 1.82) is 0 Å². The minimum Gasteiger partial charge on any atom is -0.493 e. The van der Waals surface area contributed by atoms with Crippen LogP contribution in [0.1, 0.15) is 141 Å². The van der Waals surface area contributed by atoms with Crippen molar-refractivity contribution in [2.75, 3.05) is 6.61 Å². The minimum atomic E-state index is -0.0465. The van der Waals surface area contributed by atoms with Crippen molar-refractivity contribution in [3.63, 3.8) is 0 Å². The average molecular weight is 552 g/mol. The first-order valence-electron chi connectivity index (χ1n) is 16.3. The Hall–Kier alpha value is -2.36. The number of nitrogens with one attached hydrogen (secondary N) is 1. The Morgan fingerprint density at radius 2 is 1.40 bits per heavy atom. The highest BCUT2D eigenvalue weighted by molar-refractivity contribution is 5.78. The van der Waals surface area contributed by atoms with Gasteiger partial charge in [-0.25, -0.2) is 4.57 Å². The molecule has 0 fully saturated rings. The van der Waals surface area contributed by atoms with Crippen LogP contribution in [0.5, 0.6) is 5.75 Å². The topological polar surface area (TPSA) is 42.2 Å². The lowest BCUT2D eigenvalue weighted by molar-refractivity contribution is -0.694. The number of nitrogens with zero attached hydrogens (tertiary/aromatic N) is 1. The summed E-state index contributed by atoms with van der Waals surface area (Å²) in [5.41, 5.74) is 3.27. The van der Waals surface area contributed by atoms with Crippen molar-refractivity contribution >= 4 is 5.91 Å². The summed E-state index contributed by atoms with van der Waals surface area (Å²) in [6, 6.07) is 10.3. The van der Waals surface area contributed by atoms with Gasteiger partial charge in [0.15, 0.2) is 12.4 Å². The van der Waals surface area contributed by atoms with Crippen LogP contribution in [0.3, 0.4) is 0 Å². The summed E-state index contributed by atoms with van der Waals surface area (Å²) in [6.45, 7) is 13.3. The van der Waals surface area contributed by atoms with E-state index in [1.54, 1.807) is 0 Å². The molecule has 0 bridgehead atoms. The van der Waals surface area contributed by atoms with Crippen LogP contribution in [0.15, 0.2) is 42.7 Å². The van der Waals surface area contributed by atoms with Crippen LogP contribution in [-0.2, 0) is 29.7 Å². The fourth-order valence-corrected chi connectivity index (χ4v) is 5.20. The number of amides is 1. The SMILES string of the molecule is CCCCCCCCCCCCCCCCOc1ccc(CC(=O)NCc2ccc[n+](CC)c2)cc1C(C)(C)C. The second-order valence-corrected chi connectivity index (χ2v) is 12.5. The fraction of sp³-hybridized carbons (Fsp3) is 0.667. The molecule has 0 atom stereocenters. The summed E-state index contributed by atoms with van der Waals surface area (Å²) in [4.78, 5) is 12.7. The second kappa shape index (κ2) is 19.7. The van der Waals surface area contributed by atoms with E-state index in [0.29, 0.717) is 13.0 Å². The Morgan fingerprint density at radius 3 is 1.98 bits per heavy atom. The van der Waals surface area contributed by atoms with E-state index in [0.717, 1.165) is 36.4 Å². The number of unbranched alkanes of at least 4 members (excludes halogenated alkanes) is 13. The van der Waals surface area contributed by atoms with Crippen molar-refractivity contribution in [1.82, 2.24) is 5.32 Å². The predicted octanol–water partition coefficient (Wildman–Crippen LogP) is 9.01. The summed E-state index contributed by atoms with van der Waals surface area (Å²) in [5, 5.41) is 3.07. The summed E-state index contributed by atoms with van der Waals surface area (Å²) in [7, 11) is 0. The number of aromatic nitrogens is 1. The number of hydrogen-bond donors (Lipinski definition) is 1. The lowest BCUT2D eigenvalue weighted by Crippen LogP contribution is -2.33. The van der Waals surface area contributed by atoms with Crippen LogP contribution in [-0.4, -0.2) is 12.5 Å². The van der Waals surface area contributed by atoms with Crippen LogP contribution in [0.4, 0.5) is 0 Å². The highest BCUT2D eigenvalue weighted by Gasteiger charge is 2.20. The van der Waals surface area contributed by atoms with E-state index in [4.69, 9.17) is 4.74 Å². The van der Waals surface area contributed by atoms with Gasteiger partial charge in [-0.15, -0.1) is 0 Å². The molecule has 0 saturated carbocycles. The molecule has 0 saturated heterocycles. The van der Waals surface area contributed by atoms with Crippen LogP contribution in [0.2, 0.25) is 0 Å². The number of ether oxygens (including phenoxy) is 1. The zero-order valence-electron chi connectivity index (χ0n) is 26.5. The van der Waals surface area contributed by atoms with Gasteiger partial charge in [0.1, 0.15) is 12.3 Å². The Labute approximate surface area is 246 Å². The molecule has 224 valence electrons. The van der Waals surface area contributed by atoms with E-state index in [1.165, 1.54) is 89.0 Å². The summed E-state index contributed by atoms with van der Waals surface area (Å²) in [5.74, 6) is 1.00. The Kier molecular flexibility index (Phi) is 16.6.